The van der Waals surface area contributed by atoms with Gasteiger partial charge in [0.2, 0.25) is 0 Å². The maximum Gasteiger partial charge on any atom is 0.137 e. The normalized spacial score (nSPS) is 19.4. The summed E-state index contributed by atoms with van der Waals surface area (Å²) < 4.78 is 11.7. The summed E-state index contributed by atoms with van der Waals surface area (Å²) in [6, 6.07) is 6.23. The summed E-state index contributed by atoms with van der Waals surface area (Å²) in [7, 11) is 2.05. The van der Waals surface area contributed by atoms with Crippen LogP contribution in [0.3, 0.4) is 0 Å². The molecule has 20 heavy (non-hydrogen) atoms. The lowest BCUT2D eigenvalue weighted by Gasteiger charge is -2.20. The van der Waals surface area contributed by atoms with E-state index in [1.807, 2.05) is 6.07 Å². The van der Waals surface area contributed by atoms with Crippen molar-refractivity contribution < 1.29 is 9.15 Å². The van der Waals surface area contributed by atoms with E-state index in [-0.39, 0.29) is 5.50 Å². The number of furan rings is 1. The summed E-state index contributed by atoms with van der Waals surface area (Å²) in [5.74, 6) is 0.870. The van der Waals surface area contributed by atoms with Crippen molar-refractivity contribution in [2.75, 3.05) is 20.2 Å². The first-order chi connectivity index (χ1) is 9.72. The first kappa shape index (κ1) is 13.9. The summed E-state index contributed by atoms with van der Waals surface area (Å²) in [5, 5.41) is 1.19. The first-order valence-electron chi connectivity index (χ1n) is 7.17. The van der Waals surface area contributed by atoms with Crippen molar-refractivity contribution in [3.63, 3.8) is 0 Å². The van der Waals surface area contributed by atoms with Crippen LogP contribution in [-0.2, 0) is 17.8 Å². The van der Waals surface area contributed by atoms with E-state index >= 15 is 0 Å². The van der Waals surface area contributed by atoms with Crippen LogP contribution in [-0.4, -0.2) is 25.1 Å². The van der Waals surface area contributed by atoms with Gasteiger partial charge in [0.15, 0.2) is 0 Å². The summed E-state index contributed by atoms with van der Waals surface area (Å²) in [6.45, 7) is 4.29. The number of likely N-dealkylation sites (N-methyl/N-ethyl adjacent to an activating group) is 1. The van der Waals surface area contributed by atoms with Crippen molar-refractivity contribution in [3.8, 4) is 0 Å². The number of halogens is 1. The molecule has 0 saturated heterocycles. The zero-order valence-electron chi connectivity index (χ0n) is 12.0. The third-order valence-electron chi connectivity index (χ3n) is 3.86. The van der Waals surface area contributed by atoms with Gasteiger partial charge in [-0.25, -0.2) is 0 Å². The third kappa shape index (κ3) is 2.34. The number of ether oxygens (including phenoxy) is 1. The van der Waals surface area contributed by atoms with E-state index in [4.69, 9.17) is 20.8 Å². The molecule has 0 N–H and O–H groups in total. The SMILES string of the molecule is CCCOCc1oc2cccc3c2c1C(Cl)N(C)CC3. The minimum Gasteiger partial charge on any atom is -0.458 e. The Morgan fingerprint density at radius 1 is 1.45 bits per heavy atom. The highest BCUT2D eigenvalue weighted by Gasteiger charge is 2.28. The highest BCUT2D eigenvalue weighted by Crippen LogP contribution is 2.40. The Labute approximate surface area is 124 Å². The van der Waals surface area contributed by atoms with E-state index in [2.05, 4.69) is 31.0 Å². The van der Waals surface area contributed by atoms with Gasteiger partial charge >= 0.3 is 0 Å². The number of hydrogen-bond donors (Lipinski definition) is 0. The molecule has 1 aliphatic rings. The molecule has 3 nitrogen and oxygen atoms in total. The van der Waals surface area contributed by atoms with E-state index in [9.17, 15) is 0 Å². The topological polar surface area (TPSA) is 25.6 Å². The Morgan fingerprint density at radius 2 is 2.30 bits per heavy atom. The number of alkyl halides is 1. The zero-order chi connectivity index (χ0) is 14.1. The molecule has 1 aromatic carbocycles. The fourth-order valence-electron chi connectivity index (χ4n) is 2.80. The minimum absolute atomic E-state index is 0.153. The van der Waals surface area contributed by atoms with Gasteiger partial charge in [-0.3, -0.25) is 4.90 Å². The lowest BCUT2D eigenvalue weighted by molar-refractivity contribution is 0.106. The summed E-state index contributed by atoms with van der Waals surface area (Å²) in [4.78, 5) is 2.16. The van der Waals surface area contributed by atoms with Gasteiger partial charge in [0.25, 0.3) is 0 Å². The van der Waals surface area contributed by atoms with Crippen molar-refractivity contribution in [2.45, 2.75) is 31.9 Å². The zero-order valence-corrected chi connectivity index (χ0v) is 12.7. The van der Waals surface area contributed by atoms with Crippen LogP contribution in [0.25, 0.3) is 11.0 Å². The predicted molar refractivity (Wildman–Crippen MR) is 81.1 cm³/mol. The molecular weight excluding hydrogens is 274 g/mol. The van der Waals surface area contributed by atoms with Gasteiger partial charge in [-0.2, -0.15) is 0 Å². The van der Waals surface area contributed by atoms with Crippen LogP contribution in [0.5, 0.6) is 0 Å². The lowest BCUT2D eigenvalue weighted by atomic mass is 10.0. The van der Waals surface area contributed by atoms with Crippen LogP contribution in [0.15, 0.2) is 22.6 Å². The van der Waals surface area contributed by atoms with Gasteiger partial charge in [0.1, 0.15) is 23.5 Å². The molecule has 0 bridgehead atoms. The molecule has 0 aliphatic carbocycles. The first-order valence-corrected chi connectivity index (χ1v) is 7.61. The molecule has 4 heteroatoms. The number of rotatable bonds is 4. The highest BCUT2D eigenvalue weighted by molar-refractivity contribution is 6.21. The van der Waals surface area contributed by atoms with E-state index in [1.165, 1.54) is 10.9 Å². The van der Waals surface area contributed by atoms with Gasteiger partial charge in [-0.1, -0.05) is 19.1 Å². The fourth-order valence-corrected chi connectivity index (χ4v) is 3.13. The monoisotopic (exact) mass is 293 g/mol. The van der Waals surface area contributed by atoms with Crippen LogP contribution in [0, 0.1) is 0 Å². The maximum absolute atomic E-state index is 6.64. The van der Waals surface area contributed by atoms with Gasteiger partial charge in [-0.05, 0) is 31.5 Å². The Hall–Kier alpha value is -1.03. The quantitative estimate of drug-likeness (QED) is 0.482. The summed E-state index contributed by atoms with van der Waals surface area (Å²) in [6.07, 6.45) is 2.00. The molecule has 0 fully saturated rings. The van der Waals surface area contributed by atoms with Crippen LogP contribution >= 0.6 is 11.6 Å². The Kier molecular flexibility index (Phi) is 4.01. The standard InChI is InChI=1S/C16H20ClNO2/c1-3-9-19-10-13-15-14-11(5-4-6-12(14)20-13)7-8-18(2)16(15)17/h4-6,16H,3,7-10H2,1-2H3. The molecule has 0 amide bonds. The smallest absolute Gasteiger partial charge is 0.137 e. The molecule has 2 heterocycles. The minimum atomic E-state index is -0.153. The Balaban J connectivity index is 2.09. The van der Waals surface area contributed by atoms with Crippen LogP contribution in [0.2, 0.25) is 0 Å². The van der Waals surface area contributed by atoms with Gasteiger partial charge in [0, 0.05) is 24.1 Å². The molecule has 0 spiro atoms. The number of nitrogens with zero attached hydrogens (tertiary/aromatic N) is 1. The van der Waals surface area contributed by atoms with Gasteiger partial charge in [-0.15, -0.1) is 11.6 Å². The number of benzene rings is 1. The van der Waals surface area contributed by atoms with Gasteiger partial charge < -0.3 is 9.15 Å². The van der Waals surface area contributed by atoms with E-state index in [0.717, 1.165) is 42.9 Å². The Bertz CT molecular complexity index is 608. The second kappa shape index (κ2) is 5.76. The van der Waals surface area contributed by atoms with Crippen molar-refractivity contribution >= 4 is 22.6 Å². The Morgan fingerprint density at radius 3 is 3.10 bits per heavy atom. The summed E-state index contributed by atoms with van der Waals surface area (Å²) >= 11 is 6.64. The molecule has 1 aliphatic heterocycles. The predicted octanol–water partition coefficient (Wildman–Crippen LogP) is 4.08. The molecule has 0 radical (unpaired) electrons. The molecular formula is C16H20ClNO2. The molecule has 2 aromatic rings. The van der Waals surface area contributed by atoms with E-state index in [1.54, 1.807) is 0 Å². The molecule has 1 atom stereocenters. The fraction of sp³-hybridized carbons (Fsp3) is 0.500. The van der Waals surface area contributed by atoms with Crippen molar-refractivity contribution in [3.05, 3.63) is 35.1 Å². The molecule has 0 saturated carbocycles. The second-order valence-corrected chi connectivity index (χ2v) is 5.76. The average molecular weight is 294 g/mol. The second-order valence-electron chi connectivity index (χ2n) is 5.35. The average Bonchev–Trinajstić information content (AvgIpc) is 2.76. The molecule has 3 rings (SSSR count). The van der Waals surface area contributed by atoms with Gasteiger partial charge in [0.05, 0.1) is 0 Å². The van der Waals surface area contributed by atoms with Crippen LogP contribution in [0.1, 0.15) is 35.7 Å². The van der Waals surface area contributed by atoms with Crippen LogP contribution < -0.4 is 0 Å². The molecule has 1 unspecified atom stereocenters. The van der Waals surface area contributed by atoms with Crippen molar-refractivity contribution in [2.24, 2.45) is 0 Å². The van der Waals surface area contributed by atoms with E-state index < -0.39 is 0 Å². The highest BCUT2D eigenvalue weighted by atomic mass is 35.5. The summed E-state index contributed by atoms with van der Waals surface area (Å²) in [5.41, 5.74) is 3.18. The van der Waals surface area contributed by atoms with Crippen molar-refractivity contribution in [1.29, 1.82) is 0 Å². The third-order valence-corrected chi connectivity index (χ3v) is 4.41. The lowest BCUT2D eigenvalue weighted by Crippen LogP contribution is -2.22. The maximum atomic E-state index is 6.64. The van der Waals surface area contributed by atoms with Crippen molar-refractivity contribution in [1.82, 2.24) is 4.90 Å². The molecule has 1 aromatic heterocycles. The number of hydrogen-bond acceptors (Lipinski definition) is 3. The molecule has 108 valence electrons. The van der Waals surface area contributed by atoms with Crippen LogP contribution in [0.4, 0.5) is 0 Å². The largest absolute Gasteiger partial charge is 0.458 e. The van der Waals surface area contributed by atoms with E-state index in [0.29, 0.717) is 6.61 Å².